The van der Waals surface area contributed by atoms with E-state index in [9.17, 15) is 13.2 Å². The van der Waals surface area contributed by atoms with Gasteiger partial charge in [-0.3, -0.25) is 4.79 Å². The molecule has 1 atom stereocenters. The van der Waals surface area contributed by atoms with E-state index in [1.165, 1.54) is 7.05 Å². The molecule has 0 saturated heterocycles. The van der Waals surface area contributed by atoms with E-state index in [2.05, 4.69) is 21.8 Å². The summed E-state index contributed by atoms with van der Waals surface area (Å²) in [5.41, 5.74) is 3.37. The average Bonchev–Trinajstić information content (AvgIpc) is 3.13. The second kappa shape index (κ2) is 9.76. The quantitative estimate of drug-likeness (QED) is 0.495. The standard InChI is InChI=1S/C22H26N4O3S2/c1-15-8-9-18(13-21(15)31(28,29)23-3)12-20(27)11-17-6-5-7-19(10-17)16(2)30-22-25-24-14-26(22)4/h5-10,13-14,16,23H,11-12H2,1-4H3/t16-/m0/s1. The van der Waals surface area contributed by atoms with E-state index in [-0.39, 0.29) is 28.8 Å². The van der Waals surface area contributed by atoms with Gasteiger partial charge >= 0.3 is 0 Å². The minimum Gasteiger partial charge on any atom is -0.312 e. The van der Waals surface area contributed by atoms with Crippen LogP contribution in [0.1, 0.15) is 34.4 Å². The Bertz CT molecular complexity index is 1190. The highest BCUT2D eigenvalue weighted by Crippen LogP contribution is 2.33. The summed E-state index contributed by atoms with van der Waals surface area (Å²) in [6, 6.07) is 13.1. The third kappa shape index (κ3) is 5.81. The summed E-state index contributed by atoms with van der Waals surface area (Å²) < 4.78 is 28.6. The van der Waals surface area contributed by atoms with Gasteiger partial charge < -0.3 is 4.57 Å². The fourth-order valence-electron chi connectivity index (χ4n) is 3.23. The van der Waals surface area contributed by atoms with Gasteiger partial charge in [0.05, 0.1) is 4.90 Å². The van der Waals surface area contributed by atoms with Gasteiger partial charge in [-0.1, -0.05) is 48.2 Å². The first-order chi connectivity index (χ1) is 14.7. The number of carbonyl (C=O) groups is 1. The lowest BCUT2D eigenvalue weighted by Gasteiger charge is -2.12. The first-order valence-electron chi connectivity index (χ1n) is 9.84. The molecule has 0 amide bonds. The molecule has 3 rings (SSSR count). The van der Waals surface area contributed by atoms with Crippen LogP contribution < -0.4 is 4.72 Å². The van der Waals surface area contributed by atoms with Gasteiger partial charge in [-0.05, 0) is 49.2 Å². The number of ketones is 1. The zero-order valence-corrected chi connectivity index (χ0v) is 19.6. The third-order valence-corrected chi connectivity index (χ3v) is 7.75. The van der Waals surface area contributed by atoms with Gasteiger partial charge in [-0.25, -0.2) is 13.1 Å². The third-order valence-electron chi connectivity index (χ3n) is 4.99. The molecule has 2 aromatic carbocycles. The van der Waals surface area contributed by atoms with Crippen molar-refractivity contribution in [3.8, 4) is 0 Å². The molecule has 0 spiro atoms. The average molecular weight is 459 g/mol. The summed E-state index contributed by atoms with van der Waals surface area (Å²) in [5.74, 6) is 0.0300. The first kappa shape index (κ1) is 23.2. The second-order valence-electron chi connectivity index (χ2n) is 7.43. The van der Waals surface area contributed by atoms with Crippen molar-refractivity contribution < 1.29 is 13.2 Å². The van der Waals surface area contributed by atoms with Gasteiger partial charge in [-0.15, -0.1) is 10.2 Å². The highest BCUT2D eigenvalue weighted by Gasteiger charge is 2.17. The van der Waals surface area contributed by atoms with E-state index in [0.29, 0.717) is 11.1 Å². The number of nitrogens with zero attached hydrogens (tertiary/aromatic N) is 3. The van der Waals surface area contributed by atoms with Crippen LogP contribution in [0, 0.1) is 6.92 Å². The normalized spacial score (nSPS) is 12.6. The molecule has 0 unspecified atom stereocenters. The molecule has 0 fully saturated rings. The van der Waals surface area contributed by atoms with Crippen molar-refractivity contribution in [2.75, 3.05) is 7.05 Å². The first-order valence-corrected chi connectivity index (χ1v) is 12.2. The van der Waals surface area contributed by atoms with Crippen LogP contribution in [0.4, 0.5) is 0 Å². The van der Waals surface area contributed by atoms with Crippen LogP contribution >= 0.6 is 11.8 Å². The Labute approximate surface area is 187 Å². The monoisotopic (exact) mass is 458 g/mol. The van der Waals surface area contributed by atoms with Crippen molar-refractivity contribution in [3.05, 3.63) is 71.0 Å². The second-order valence-corrected chi connectivity index (χ2v) is 10.6. The summed E-state index contributed by atoms with van der Waals surface area (Å²) >= 11 is 1.61. The van der Waals surface area contributed by atoms with Gasteiger partial charge in [0.2, 0.25) is 10.0 Å². The van der Waals surface area contributed by atoms with Crippen molar-refractivity contribution in [2.24, 2.45) is 7.05 Å². The van der Waals surface area contributed by atoms with Crippen LogP contribution in [0.25, 0.3) is 0 Å². The summed E-state index contributed by atoms with van der Waals surface area (Å²) in [7, 11) is -0.277. The SMILES string of the molecule is CNS(=O)(=O)c1cc(CC(=O)Cc2cccc([C@H](C)Sc3nncn3C)c2)ccc1C. The van der Waals surface area contributed by atoms with Gasteiger partial charge in [0.15, 0.2) is 5.16 Å². The summed E-state index contributed by atoms with van der Waals surface area (Å²) in [5, 5.41) is 9.00. The van der Waals surface area contributed by atoms with Crippen molar-refractivity contribution in [1.29, 1.82) is 0 Å². The molecule has 164 valence electrons. The number of hydrogen-bond donors (Lipinski definition) is 1. The number of aryl methyl sites for hydroxylation is 2. The highest BCUT2D eigenvalue weighted by atomic mass is 32.2. The number of nitrogens with one attached hydrogen (secondary N) is 1. The number of sulfonamides is 1. The zero-order valence-electron chi connectivity index (χ0n) is 18.0. The van der Waals surface area contributed by atoms with Crippen LogP contribution in [-0.4, -0.2) is 36.0 Å². The summed E-state index contributed by atoms with van der Waals surface area (Å²) in [6.45, 7) is 3.83. The molecule has 0 aliphatic rings. The van der Waals surface area contributed by atoms with Crippen molar-refractivity contribution in [3.63, 3.8) is 0 Å². The number of benzene rings is 2. The molecule has 0 aliphatic carbocycles. The van der Waals surface area contributed by atoms with Crippen molar-refractivity contribution in [2.45, 2.75) is 42.0 Å². The molecule has 9 heteroatoms. The van der Waals surface area contributed by atoms with E-state index in [4.69, 9.17) is 0 Å². The van der Waals surface area contributed by atoms with Crippen LogP contribution in [0.2, 0.25) is 0 Å². The zero-order chi connectivity index (χ0) is 22.6. The summed E-state index contributed by atoms with van der Waals surface area (Å²) in [4.78, 5) is 12.9. The maximum atomic E-state index is 12.7. The fraction of sp³-hybridized carbons (Fsp3) is 0.318. The minimum atomic E-state index is -3.56. The lowest BCUT2D eigenvalue weighted by molar-refractivity contribution is -0.117. The van der Waals surface area contributed by atoms with Crippen molar-refractivity contribution >= 4 is 27.6 Å². The van der Waals surface area contributed by atoms with Gasteiger partial charge in [0.1, 0.15) is 12.1 Å². The van der Waals surface area contributed by atoms with Gasteiger partial charge in [0.25, 0.3) is 0 Å². The topological polar surface area (TPSA) is 93.9 Å². The smallest absolute Gasteiger partial charge is 0.240 e. The Morgan fingerprint density at radius 2 is 1.87 bits per heavy atom. The lowest BCUT2D eigenvalue weighted by Crippen LogP contribution is -2.20. The minimum absolute atomic E-state index is 0.0300. The maximum Gasteiger partial charge on any atom is 0.240 e. The molecule has 3 aromatic rings. The Kier molecular flexibility index (Phi) is 7.30. The molecule has 7 nitrogen and oxygen atoms in total. The van der Waals surface area contributed by atoms with E-state index < -0.39 is 10.0 Å². The number of rotatable bonds is 9. The fourth-order valence-corrected chi connectivity index (χ4v) is 5.16. The molecule has 1 aromatic heterocycles. The van der Waals surface area contributed by atoms with Crippen LogP contribution in [0.15, 0.2) is 58.8 Å². The lowest BCUT2D eigenvalue weighted by atomic mass is 10.00. The number of hydrogen-bond acceptors (Lipinski definition) is 6. The highest BCUT2D eigenvalue weighted by molar-refractivity contribution is 7.99. The molecule has 1 heterocycles. The van der Waals surface area contributed by atoms with Crippen LogP contribution in [0.5, 0.6) is 0 Å². The molecule has 0 bridgehead atoms. The largest absolute Gasteiger partial charge is 0.312 e. The molecule has 1 N–H and O–H groups in total. The molecule has 31 heavy (non-hydrogen) atoms. The van der Waals surface area contributed by atoms with E-state index in [1.54, 1.807) is 43.2 Å². The van der Waals surface area contributed by atoms with Gasteiger partial charge in [-0.2, -0.15) is 0 Å². The Balaban J connectivity index is 1.69. The molecule has 0 aliphatic heterocycles. The van der Waals surface area contributed by atoms with Gasteiger partial charge in [0, 0.05) is 25.1 Å². The Morgan fingerprint density at radius 1 is 1.16 bits per heavy atom. The molecule has 0 saturated carbocycles. The molecular weight excluding hydrogens is 432 g/mol. The predicted molar refractivity (Wildman–Crippen MR) is 122 cm³/mol. The van der Waals surface area contributed by atoms with Crippen molar-refractivity contribution in [1.82, 2.24) is 19.5 Å². The Hall–Kier alpha value is -2.49. The van der Waals surface area contributed by atoms with E-state index in [1.807, 2.05) is 35.9 Å². The van der Waals surface area contributed by atoms with Crippen LogP contribution in [-0.2, 0) is 34.7 Å². The van der Waals surface area contributed by atoms with E-state index in [0.717, 1.165) is 16.3 Å². The number of Topliss-reactive ketones (excluding diaryl/α,β-unsaturated/α-hetero) is 1. The maximum absolute atomic E-state index is 12.7. The number of carbonyl (C=O) groups excluding carboxylic acids is 1. The molecular formula is C22H26N4O3S2. The van der Waals surface area contributed by atoms with Crippen LogP contribution in [0.3, 0.4) is 0 Å². The number of aromatic nitrogens is 3. The predicted octanol–water partition coefficient (Wildman–Crippen LogP) is 3.24. The van der Waals surface area contributed by atoms with E-state index >= 15 is 0 Å². The number of thioether (sulfide) groups is 1. The molecule has 0 radical (unpaired) electrons. The summed E-state index contributed by atoms with van der Waals surface area (Å²) in [6.07, 6.45) is 2.14. The Morgan fingerprint density at radius 3 is 2.52 bits per heavy atom.